The molecule has 0 atom stereocenters. The number of hydrogen-bond donors (Lipinski definition) is 0. The topological polar surface area (TPSA) is 37.6 Å². The summed E-state index contributed by atoms with van der Waals surface area (Å²) in [6, 6.07) is 1.82. The molecule has 0 aliphatic carbocycles. The highest BCUT2D eigenvalue weighted by atomic mass is 16.2. The van der Waals surface area contributed by atoms with Crippen LogP contribution in [-0.4, -0.2) is 17.9 Å². The Hall–Kier alpha value is -1.89. The Morgan fingerprint density at radius 3 is 3.07 bits per heavy atom. The Balaban J connectivity index is 2.49. The SMILES string of the molecule is [C-]#[N+]c1cnc2c(c1)CCCC(=O)N2C. The van der Waals surface area contributed by atoms with Crippen molar-refractivity contribution in [2.75, 3.05) is 11.9 Å². The van der Waals surface area contributed by atoms with E-state index in [-0.39, 0.29) is 5.91 Å². The van der Waals surface area contributed by atoms with Crippen LogP contribution in [0.15, 0.2) is 12.3 Å². The minimum atomic E-state index is 0.0943. The molecular formula is C11H11N3O. The highest BCUT2D eigenvalue weighted by molar-refractivity contribution is 5.93. The fraction of sp³-hybridized carbons (Fsp3) is 0.364. The van der Waals surface area contributed by atoms with Crippen LogP contribution in [0.25, 0.3) is 4.85 Å². The van der Waals surface area contributed by atoms with Crippen LogP contribution in [0.3, 0.4) is 0 Å². The lowest BCUT2D eigenvalue weighted by atomic mass is 10.1. The molecule has 76 valence electrons. The predicted octanol–water partition coefficient (Wildman–Crippen LogP) is 1.93. The largest absolute Gasteiger partial charge is 0.300 e. The predicted molar refractivity (Wildman–Crippen MR) is 56.8 cm³/mol. The van der Waals surface area contributed by atoms with Crippen molar-refractivity contribution in [2.24, 2.45) is 0 Å². The number of nitrogens with zero attached hydrogens (tertiary/aromatic N) is 3. The molecule has 1 amide bonds. The van der Waals surface area contributed by atoms with E-state index in [2.05, 4.69) is 9.83 Å². The third-order valence-electron chi connectivity index (χ3n) is 2.59. The molecule has 2 heterocycles. The first-order valence-electron chi connectivity index (χ1n) is 4.85. The van der Waals surface area contributed by atoms with Crippen LogP contribution in [0.5, 0.6) is 0 Å². The van der Waals surface area contributed by atoms with Crippen LogP contribution in [0.4, 0.5) is 11.5 Å². The van der Waals surface area contributed by atoms with Gasteiger partial charge in [0.1, 0.15) is 5.82 Å². The fourth-order valence-corrected chi connectivity index (χ4v) is 1.75. The molecular weight excluding hydrogens is 190 g/mol. The molecule has 1 aromatic rings. The van der Waals surface area contributed by atoms with Gasteiger partial charge in [0.2, 0.25) is 11.6 Å². The summed E-state index contributed by atoms with van der Waals surface area (Å²) in [6.45, 7) is 6.91. The van der Waals surface area contributed by atoms with Crippen molar-refractivity contribution in [1.82, 2.24) is 4.98 Å². The van der Waals surface area contributed by atoms with Crippen molar-refractivity contribution >= 4 is 17.4 Å². The second kappa shape index (κ2) is 3.70. The lowest BCUT2D eigenvalue weighted by Crippen LogP contribution is -2.25. The maximum absolute atomic E-state index is 11.6. The number of rotatable bonds is 0. The van der Waals surface area contributed by atoms with Crippen LogP contribution in [0, 0.1) is 6.57 Å². The number of pyridine rings is 1. The van der Waals surface area contributed by atoms with Gasteiger partial charge >= 0.3 is 0 Å². The maximum Gasteiger partial charge on any atom is 0.227 e. The molecule has 1 aliphatic rings. The molecule has 1 aliphatic heterocycles. The van der Waals surface area contributed by atoms with Crippen molar-refractivity contribution in [1.29, 1.82) is 0 Å². The molecule has 0 aromatic carbocycles. The molecule has 0 bridgehead atoms. The molecule has 1 aromatic heterocycles. The van der Waals surface area contributed by atoms with E-state index in [9.17, 15) is 4.79 Å². The molecule has 0 saturated heterocycles. The van der Waals surface area contributed by atoms with Gasteiger partial charge < -0.3 is 0 Å². The molecule has 0 unspecified atom stereocenters. The van der Waals surface area contributed by atoms with Gasteiger partial charge in [-0.25, -0.2) is 4.85 Å². The zero-order valence-corrected chi connectivity index (χ0v) is 8.53. The lowest BCUT2D eigenvalue weighted by Gasteiger charge is -2.15. The molecule has 0 N–H and O–H groups in total. The third-order valence-corrected chi connectivity index (χ3v) is 2.59. The Bertz CT molecular complexity index is 448. The number of carbonyl (C=O) groups excluding carboxylic acids is 1. The summed E-state index contributed by atoms with van der Waals surface area (Å²) in [6.07, 6.45) is 3.72. The average Bonchev–Trinajstić information content (AvgIpc) is 2.40. The third kappa shape index (κ3) is 1.68. The van der Waals surface area contributed by atoms with E-state index in [0.717, 1.165) is 18.4 Å². The normalized spacial score (nSPS) is 15.5. The van der Waals surface area contributed by atoms with Gasteiger partial charge in [-0.05, 0) is 24.5 Å². The van der Waals surface area contributed by atoms with Gasteiger partial charge in [-0.3, -0.25) is 14.7 Å². The quantitative estimate of drug-likeness (QED) is 0.601. The maximum atomic E-state index is 11.6. The molecule has 0 fully saturated rings. The molecule has 4 nitrogen and oxygen atoms in total. The van der Waals surface area contributed by atoms with E-state index >= 15 is 0 Å². The first kappa shape index (κ1) is 9.66. The number of hydrogen-bond acceptors (Lipinski definition) is 2. The second-order valence-corrected chi connectivity index (χ2v) is 3.59. The van der Waals surface area contributed by atoms with E-state index < -0.39 is 0 Å². The molecule has 0 saturated carbocycles. The number of amides is 1. The van der Waals surface area contributed by atoms with E-state index in [1.807, 2.05) is 6.07 Å². The average molecular weight is 201 g/mol. The van der Waals surface area contributed by atoms with E-state index in [1.54, 1.807) is 11.9 Å². The molecule has 2 rings (SSSR count). The van der Waals surface area contributed by atoms with Crippen LogP contribution >= 0.6 is 0 Å². The van der Waals surface area contributed by atoms with Gasteiger partial charge in [0.15, 0.2) is 0 Å². The van der Waals surface area contributed by atoms with Crippen molar-refractivity contribution in [3.63, 3.8) is 0 Å². The van der Waals surface area contributed by atoms with E-state index in [0.29, 0.717) is 17.9 Å². The van der Waals surface area contributed by atoms with Crippen molar-refractivity contribution in [3.05, 3.63) is 29.2 Å². The summed E-state index contributed by atoms with van der Waals surface area (Å²) in [5.74, 6) is 0.793. The Labute approximate surface area is 88.4 Å². The highest BCUT2D eigenvalue weighted by Crippen LogP contribution is 2.26. The van der Waals surface area contributed by atoms with Crippen LogP contribution in [-0.2, 0) is 11.2 Å². The van der Waals surface area contributed by atoms with Gasteiger partial charge in [-0.1, -0.05) is 0 Å². The summed E-state index contributed by atoms with van der Waals surface area (Å²) < 4.78 is 0. The minimum Gasteiger partial charge on any atom is -0.300 e. The number of carbonyl (C=O) groups is 1. The lowest BCUT2D eigenvalue weighted by molar-refractivity contribution is -0.118. The summed E-state index contributed by atoms with van der Waals surface area (Å²) in [5, 5.41) is 0. The Morgan fingerprint density at radius 2 is 2.33 bits per heavy atom. The van der Waals surface area contributed by atoms with Gasteiger partial charge in [0.05, 0.1) is 6.57 Å². The summed E-state index contributed by atoms with van der Waals surface area (Å²) >= 11 is 0. The Kier molecular flexibility index (Phi) is 2.38. The van der Waals surface area contributed by atoms with Crippen molar-refractivity contribution < 1.29 is 4.79 Å². The summed E-state index contributed by atoms with van der Waals surface area (Å²) in [5.41, 5.74) is 1.54. The van der Waals surface area contributed by atoms with Gasteiger partial charge in [-0.15, -0.1) is 0 Å². The van der Waals surface area contributed by atoms with Crippen LogP contribution in [0.2, 0.25) is 0 Å². The number of fused-ring (bicyclic) bond motifs is 1. The van der Waals surface area contributed by atoms with E-state index in [1.165, 1.54) is 6.20 Å². The zero-order valence-electron chi connectivity index (χ0n) is 8.53. The minimum absolute atomic E-state index is 0.0943. The van der Waals surface area contributed by atoms with Crippen molar-refractivity contribution in [3.8, 4) is 0 Å². The first-order chi connectivity index (χ1) is 7.22. The van der Waals surface area contributed by atoms with Gasteiger partial charge in [-0.2, -0.15) is 0 Å². The highest BCUT2D eigenvalue weighted by Gasteiger charge is 2.19. The first-order valence-corrected chi connectivity index (χ1v) is 4.85. The number of anilines is 1. The number of aromatic nitrogens is 1. The molecule has 0 spiro atoms. The monoisotopic (exact) mass is 201 g/mol. The molecule has 0 radical (unpaired) electrons. The Morgan fingerprint density at radius 1 is 1.53 bits per heavy atom. The smallest absolute Gasteiger partial charge is 0.227 e. The second-order valence-electron chi connectivity index (χ2n) is 3.59. The van der Waals surface area contributed by atoms with Crippen molar-refractivity contribution in [2.45, 2.75) is 19.3 Å². The molecule has 15 heavy (non-hydrogen) atoms. The van der Waals surface area contributed by atoms with E-state index in [4.69, 9.17) is 6.57 Å². The standard InChI is InChI=1S/C11H11N3O/c1-12-9-6-8-4-3-5-10(15)14(2)11(8)13-7-9/h6-7H,3-5H2,2H3. The van der Waals surface area contributed by atoms with Gasteiger partial charge in [0.25, 0.3) is 0 Å². The summed E-state index contributed by atoms with van der Waals surface area (Å²) in [4.78, 5) is 20.6. The fourth-order valence-electron chi connectivity index (χ4n) is 1.75. The number of aryl methyl sites for hydroxylation is 1. The summed E-state index contributed by atoms with van der Waals surface area (Å²) in [7, 11) is 1.73. The van der Waals surface area contributed by atoms with Crippen LogP contribution in [0.1, 0.15) is 18.4 Å². The van der Waals surface area contributed by atoms with Crippen LogP contribution < -0.4 is 4.90 Å². The van der Waals surface area contributed by atoms with Gasteiger partial charge in [0, 0.05) is 19.7 Å². The molecule has 4 heteroatoms. The zero-order chi connectivity index (χ0) is 10.8.